The van der Waals surface area contributed by atoms with Gasteiger partial charge in [-0.2, -0.15) is 0 Å². The molecule has 0 aromatic heterocycles. The van der Waals surface area contributed by atoms with Crippen LogP contribution in [-0.2, 0) is 9.59 Å². The third kappa shape index (κ3) is 2.22. The number of carboxylic acid groups (broad SMARTS) is 1. The third-order valence-electron chi connectivity index (χ3n) is 2.65. The monoisotopic (exact) mass is 218 g/mol. The molecule has 0 aliphatic carbocycles. The Morgan fingerprint density at radius 1 is 1.57 bits per heavy atom. The summed E-state index contributed by atoms with van der Waals surface area (Å²) in [6.45, 7) is 2.08. The van der Waals surface area contributed by atoms with Crippen LogP contribution in [0.1, 0.15) is 13.3 Å². The molecule has 0 aromatic rings. The van der Waals surface area contributed by atoms with Gasteiger partial charge in [0.05, 0.1) is 0 Å². The van der Waals surface area contributed by atoms with Crippen LogP contribution in [0.4, 0.5) is 0 Å². The van der Waals surface area contributed by atoms with Gasteiger partial charge in [0.15, 0.2) is 0 Å². The van der Waals surface area contributed by atoms with Crippen molar-refractivity contribution in [2.75, 3.05) is 13.6 Å². The summed E-state index contributed by atoms with van der Waals surface area (Å²) in [4.78, 5) is 23.5. The maximum absolute atomic E-state index is 11.1. The van der Waals surface area contributed by atoms with Gasteiger partial charge >= 0.3 is 5.97 Å². The fourth-order valence-corrected chi connectivity index (χ4v) is 2.11. The van der Waals surface area contributed by atoms with Gasteiger partial charge in [-0.25, -0.2) is 0 Å². The highest BCUT2D eigenvalue weighted by atomic mass is 31.0. The van der Waals surface area contributed by atoms with Crippen LogP contribution < -0.4 is 0 Å². The summed E-state index contributed by atoms with van der Waals surface area (Å²) in [6.07, 6.45) is 0.495. The first-order valence-corrected chi connectivity index (χ1v) is 4.92. The van der Waals surface area contributed by atoms with Crippen LogP contribution in [0.2, 0.25) is 0 Å². The summed E-state index contributed by atoms with van der Waals surface area (Å²) in [5, 5.41) is 8.86. The Kier molecular flexibility index (Phi) is 3.45. The van der Waals surface area contributed by atoms with E-state index in [4.69, 9.17) is 5.11 Å². The van der Waals surface area contributed by atoms with Crippen molar-refractivity contribution in [3.05, 3.63) is 0 Å². The number of likely N-dealkylation sites (N-methyl/N-ethyl adjacent to an activating group) is 1. The molecule has 14 heavy (non-hydrogen) atoms. The summed E-state index contributed by atoms with van der Waals surface area (Å²) < 4.78 is 1.69. The standard InChI is InChI=1S/C8H15N2O3P/c1-5(11)9(2)6-3-7(8(12)13)10(14)4-6/h6-7H,3-4,14H2,1-2H3,(H,12,13). The van der Waals surface area contributed by atoms with Crippen LogP contribution in [0, 0.1) is 0 Å². The Hall–Kier alpha value is -0.670. The van der Waals surface area contributed by atoms with Crippen molar-refractivity contribution in [3.8, 4) is 0 Å². The molecule has 1 N–H and O–H groups in total. The molecular formula is C8H15N2O3P. The second-order valence-corrected chi connectivity index (χ2v) is 4.23. The quantitative estimate of drug-likeness (QED) is 0.651. The zero-order valence-corrected chi connectivity index (χ0v) is 9.46. The summed E-state index contributed by atoms with van der Waals surface area (Å²) in [6, 6.07) is -0.488. The lowest BCUT2D eigenvalue weighted by Crippen LogP contribution is -2.36. The van der Waals surface area contributed by atoms with Crippen LogP contribution in [0.15, 0.2) is 0 Å². The van der Waals surface area contributed by atoms with Gasteiger partial charge in [0.1, 0.15) is 6.04 Å². The Morgan fingerprint density at radius 2 is 2.14 bits per heavy atom. The molecule has 1 saturated heterocycles. The number of hydrogen-bond acceptors (Lipinski definition) is 3. The first-order valence-electron chi connectivity index (χ1n) is 4.41. The maximum Gasteiger partial charge on any atom is 0.321 e. The molecule has 0 spiro atoms. The molecule has 0 radical (unpaired) electrons. The zero-order chi connectivity index (χ0) is 10.9. The number of carbonyl (C=O) groups excluding carboxylic acids is 1. The van der Waals surface area contributed by atoms with Crippen molar-refractivity contribution in [1.29, 1.82) is 0 Å². The third-order valence-corrected chi connectivity index (χ3v) is 3.22. The summed E-state index contributed by atoms with van der Waals surface area (Å²) in [5.41, 5.74) is 0. The highest BCUT2D eigenvalue weighted by Gasteiger charge is 2.37. The van der Waals surface area contributed by atoms with Crippen LogP contribution in [0.3, 0.4) is 0 Å². The molecule has 80 valence electrons. The van der Waals surface area contributed by atoms with Gasteiger partial charge in [-0.1, -0.05) is 9.39 Å². The van der Waals surface area contributed by atoms with E-state index in [1.807, 2.05) is 0 Å². The number of hydrogen-bond donors (Lipinski definition) is 1. The van der Waals surface area contributed by atoms with Crippen LogP contribution in [-0.4, -0.2) is 52.2 Å². The van der Waals surface area contributed by atoms with Crippen molar-refractivity contribution in [3.63, 3.8) is 0 Å². The highest BCUT2D eigenvalue weighted by Crippen LogP contribution is 2.24. The van der Waals surface area contributed by atoms with E-state index in [0.29, 0.717) is 13.0 Å². The Labute approximate surface area is 85.3 Å². The smallest absolute Gasteiger partial charge is 0.321 e. The second kappa shape index (κ2) is 4.24. The van der Waals surface area contributed by atoms with Crippen molar-refractivity contribution < 1.29 is 14.7 Å². The van der Waals surface area contributed by atoms with Gasteiger partial charge in [-0.15, -0.1) is 0 Å². The second-order valence-electron chi connectivity index (χ2n) is 3.57. The molecule has 3 atom stereocenters. The number of amides is 1. The van der Waals surface area contributed by atoms with E-state index in [1.54, 1.807) is 16.6 Å². The average Bonchev–Trinajstić information content (AvgIpc) is 2.45. The van der Waals surface area contributed by atoms with Crippen LogP contribution in [0.25, 0.3) is 0 Å². The van der Waals surface area contributed by atoms with E-state index in [1.165, 1.54) is 6.92 Å². The van der Waals surface area contributed by atoms with Gasteiger partial charge in [0, 0.05) is 26.6 Å². The van der Waals surface area contributed by atoms with Crippen molar-refractivity contribution in [1.82, 2.24) is 9.57 Å². The molecule has 1 rings (SSSR count). The normalized spacial score (nSPS) is 27.6. The lowest BCUT2D eigenvalue weighted by molar-refractivity contribution is -0.140. The van der Waals surface area contributed by atoms with Gasteiger partial charge in [0.2, 0.25) is 5.91 Å². The number of rotatable bonds is 2. The fraction of sp³-hybridized carbons (Fsp3) is 0.750. The first-order chi connectivity index (χ1) is 6.43. The minimum Gasteiger partial charge on any atom is -0.480 e. The molecule has 0 bridgehead atoms. The number of carboxylic acids is 1. The van der Waals surface area contributed by atoms with E-state index in [2.05, 4.69) is 9.39 Å². The SMILES string of the molecule is CC(=O)N(C)C1CC(C(=O)O)N(P)C1. The van der Waals surface area contributed by atoms with E-state index >= 15 is 0 Å². The topological polar surface area (TPSA) is 60.9 Å². The van der Waals surface area contributed by atoms with E-state index in [-0.39, 0.29) is 11.9 Å². The van der Waals surface area contributed by atoms with Crippen molar-refractivity contribution in [2.45, 2.75) is 25.4 Å². The maximum atomic E-state index is 11.1. The van der Waals surface area contributed by atoms with Crippen molar-refractivity contribution in [2.24, 2.45) is 0 Å². The van der Waals surface area contributed by atoms with Gasteiger partial charge in [0.25, 0.3) is 0 Å². The number of nitrogens with zero attached hydrogens (tertiary/aromatic N) is 2. The fourth-order valence-electron chi connectivity index (χ4n) is 1.62. The largest absolute Gasteiger partial charge is 0.480 e. The molecule has 1 amide bonds. The summed E-state index contributed by atoms with van der Waals surface area (Å²) >= 11 is 0. The van der Waals surface area contributed by atoms with Crippen LogP contribution >= 0.6 is 9.39 Å². The molecule has 0 saturated carbocycles. The van der Waals surface area contributed by atoms with E-state index in [9.17, 15) is 9.59 Å². The van der Waals surface area contributed by atoms with Crippen LogP contribution in [0.5, 0.6) is 0 Å². The van der Waals surface area contributed by atoms with Crippen molar-refractivity contribution >= 4 is 21.3 Å². The molecule has 1 fully saturated rings. The molecular weight excluding hydrogens is 203 g/mol. The van der Waals surface area contributed by atoms with Gasteiger partial charge < -0.3 is 10.0 Å². The molecule has 1 aliphatic heterocycles. The molecule has 1 aliphatic rings. The Morgan fingerprint density at radius 3 is 2.50 bits per heavy atom. The zero-order valence-electron chi connectivity index (χ0n) is 8.30. The minimum absolute atomic E-state index is 0.00565. The highest BCUT2D eigenvalue weighted by molar-refractivity contribution is 7.13. The van der Waals surface area contributed by atoms with E-state index < -0.39 is 12.0 Å². The molecule has 1 heterocycles. The average molecular weight is 218 g/mol. The lowest BCUT2D eigenvalue weighted by Gasteiger charge is -2.22. The Balaban J connectivity index is 2.63. The first kappa shape index (κ1) is 11.4. The van der Waals surface area contributed by atoms with E-state index in [0.717, 1.165) is 0 Å². The lowest BCUT2D eigenvalue weighted by atomic mass is 10.1. The predicted molar refractivity (Wildman–Crippen MR) is 54.7 cm³/mol. The molecule has 3 unspecified atom stereocenters. The summed E-state index contributed by atoms with van der Waals surface area (Å²) in [5.74, 6) is -0.862. The molecule has 6 heteroatoms. The minimum atomic E-state index is -0.834. The number of carbonyl (C=O) groups is 2. The molecule has 0 aromatic carbocycles. The number of aliphatic carboxylic acids is 1. The van der Waals surface area contributed by atoms with Gasteiger partial charge in [-0.05, 0) is 6.42 Å². The predicted octanol–water partition coefficient (Wildman–Crippen LogP) is -0.218. The van der Waals surface area contributed by atoms with Gasteiger partial charge in [-0.3, -0.25) is 14.3 Å². The Bertz CT molecular complexity index is 259. The summed E-state index contributed by atoms with van der Waals surface area (Å²) in [7, 11) is 4.10. The molecule has 5 nitrogen and oxygen atoms in total.